The number of rotatable bonds is 8. The summed E-state index contributed by atoms with van der Waals surface area (Å²) in [6, 6.07) is 13.2. The number of nitro groups is 1. The zero-order valence-electron chi connectivity index (χ0n) is 14.9. The van der Waals surface area contributed by atoms with E-state index in [2.05, 4.69) is 5.32 Å². The van der Waals surface area contributed by atoms with E-state index in [0.717, 1.165) is 18.9 Å². The fourth-order valence-electron chi connectivity index (χ4n) is 2.46. The molecule has 0 aromatic heterocycles. The van der Waals surface area contributed by atoms with Crippen molar-refractivity contribution in [1.29, 1.82) is 0 Å². The number of amides is 1. The number of anilines is 1. The number of aryl methyl sites for hydroxylation is 1. The van der Waals surface area contributed by atoms with E-state index in [1.54, 1.807) is 0 Å². The summed E-state index contributed by atoms with van der Waals surface area (Å²) in [6.45, 7) is 1.37. The molecule has 1 amide bonds. The predicted molar refractivity (Wildman–Crippen MR) is 100 cm³/mol. The molecule has 142 valence electrons. The maximum absolute atomic E-state index is 12.0. The second-order valence-electron chi connectivity index (χ2n) is 6.10. The van der Waals surface area contributed by atoms with E-state index in [0.29, 0.717) is 0 Å². The van der Waals surface area contributed by atoms with Crippen molar-refractivity contribution >= 4 is 23.3 Å². The molecule has 1 atom stereocenters. The first-order valence-electron chi connectivity index (χ1n) is 8.41. The number of carbonyl (C=O) groups excluding carboxylic acids is 2. The number of non-ortho nitro benzene ring substituents is 1. The van der Waals surface area contributed by atoms with Crippen LogP contribution in [0.2, 0.25) is 0 Å². The van der Waals surface area contributed by atoms with Crippen LogP contribution in [0.1, 0.15) is 29.3 Å². The van der Waals surface area contributed by atoms with Crippen molar-refractivity contribution in [3.05, 3.63) is 69.8 Å². The zero-order chi connectivity index (χ0) is 19.8. The molecule has 2 rings (SSSR count). The third-order valence-electron chi connectivity index (χ3n) is 3.92. The average Bonchev–Trinajstić information content (AvgIpc) is 2.65. The minimum absolute atomic E-state index is 0.0437. The van der Waals surface area contributed by atoms with E-state index in [9.17, 15) is 19.7 Å². The molecule has 2 aromatic carbocycles. The molecule has 0 aliphatic rings. The maximum atomic E-state index is 12.0. The third-order valence-corrected chi connectivity index (χ3v) is 3.92. The minimum atomic E-state index is -0.886. The molecule has 0 aliphatic carbocycles. The quantitative estimate of drug-likeness (QED) is 0.318. The molecular weight excluding hydrogens is 350 g/mol. The Morgan fingerprint density at radius 3 is 2.59 bits per heavy atom. The Kier molecular flexibility index (Phi) is 6.87. The molecule has 0 spiro atoms. The lowest BCUT2D eigenvalue weighted by Crippen LogP contribution is -2.36. The highest BCUT2D eigenvalue weighted by atomic mass is 16.6. The summed E-state index contributed by atoms with van der Waals surface area (Å²) in [7, 11) is 0. The van der Waals surface area contributed by atoms with Crippen LogP contribution < -0.4 is 11.1 Å². The number of nitrogens with one attached hydrogen (secondary N) is 1. The number of benzene rings is 2. The van der Waals surface area contributed by atoms with Gasteiger partial charge in [-0.15, -0.1) is 0 Å². The largest absolute Gasteiger partial charge is 0.452 e. The van der Waals surface area contributed by atoms with Crippen LogP contribution in [0.25, 0.3) is 0 Å². The molecule has 27 heavy (non-hydrogen) atoms. The Morgan fingerprint density at radius 1 is 1.22 bits per heavy atom. The van der Waals surface area contributed by atoms with Gasteiger partial charge in [0.1, 0.15) is 0 Å². The monoisotopic (exact) mass is 371 g/mol. The highest BCUT2D eigenvalue weighted by molar-refractivity contribution is 5.97. The van der Waals surface area contributed by atoms with Gasteiger partial charge in [0.2, 0.25) is 0 Å². The summed E-state index contributed by atoms with van der Waals surface area (Å²) in [5.74, 6) is -1.34. The summed E-state index contributed by atoms with van der Waals surface area (Å²) >= 11 is 0. The molecule has 0 aliphatic heterocycles. The Balaban J connectivity index is 1.81. The van der Waals surface area contributed by atoms with Crippen molar-refractivity contribution in [2.45, 2.75) is 25.8 Å². The number of nitrogens with zero attached hydrogens (tertiary/aromatic N) is 1. The van der Waals surface area contributed by atoms with Gasteiger partial charge >= 0.3 is 5.97 Å². The molecule has 8 heteroatoms. The number of carbonyl (C=O) groups is 2. The van der Waals surface area contributed by atoms with E-state index in [1.807, 2.05) is 37.3 Å². The van der Waals surface area contributed by atoms with Gasteiger partial charge in [-0.05, 0) is 31.4 Å². The van der Waals surface area contributed by atoms with Crippen molar-refractivity contribution in [2.24, 2.45) is 0 Å². The van der Waals surface area contributed by atoms with Crippen molar-refractivity contribution in [3.63, 3.8) is 0 Å². The van der Waals surface area contributed by atoms with Gasteiger partial charge < -0.3 is 15.8 Å². The van der Waals surface area contributed by atoms with Crippen LogP contribution in [0.5, 0.6) is 0 Å². The number of esters is 1. The van der Waals surface area contributed by atoms with Crippen molar-refractivity contribution < 1.29 is 19.2 Å². The fourth-order valence-corrected chi connectivity index (χ4v) is 2.46. The zero-order valence-corrected chi connectivity index (χ0v) is 14.9. The number of nitrogen functional groups attached to an aromatic ring is 1. The molecule has 8 nitrogen and oxygen atoms in total. The Bertz CT molecular complexity index is 823. The molecule has 3 N–H and O–H groups in total. The average molecular weight is 371 g/mol. The molecule has 0 radical (unpaired) electrons. The van der Waals surface area contributed by atoms with E-state index in [1.165, 1.54) is 17.7 Å². The van der Waals surface area contributed by atoms with Gasteiger partial charge in [0.25, 0.3) is 11.6 Å². The summed E-state index contributed by atoms with van der Waals surface area (Å²) in [4.78, 5) is 34.1. The van der Waals surface area contributed by atoms with Gasteiger partial charge in [0.15, 0.2) is 6.61 Å². The topological polar surface area (TPSA) is 125 Å². The highest BCUT2D eigenvalue weighted by Gasteiger charge is 2.18. The lowest BCUT2D eigenvalue weighted by atomic mass is 10.1. The first kappa shape index (κ1) is 19.9. The van der Waals surface area contributed by atoms with E-state index in [4.69, 9.17) is 10.5 Å². The van der Waals surface area contributed by atoms with Crippen LogP contribution in [0.4, 0.5) is 11.4 Å². The number of hydrogen-bond acceptors (Lipinski definition) is 6. The fraction of sp³-hybridized carbons (Fsp3) is 0.263. The molecule has 0 unspecified atom stereocenters. The van der Waals surface area contributed by atoms with Gasteiger partial charge in [-0.1, -0.05) is 30.3 Å². The lowest BCUT2D eigenvalue weighted by Gasteiger charge is -2.14. The van der Waals surface area contributed by atoms with E-state index < -0.39 is 23.4 Å². The van der Waals surface area contributed by atoms with Crippen LogP contribution in [0, 0.1) is 10.1 Å². The van der Waals surface area contributed by atoms with Gasteiger partial charge in [0, 0.05) is 23.9 Å². The summed E-state index contributed by atoms with van der Waals surface area (Å²) < 4.78 is 4.92. The Morgan fingerprint density at radius 2 is 1.93 bits per heavy atom. The number of ether oxygens (including phenoxy) is 1. The molecule has 0 saturated carbocycles. The summed E-state index contributed by atoms with van der Waals surface area (Å²) in [6.07, 6.45) is 1.55. The second kappa shape index (κ2) is 9.33. The Labute approximate surface area is 156 Å². The van der Waals surface area contributed by atoms with Gasteiger partial charge in [-0.25, -0.2) is 4.79 Å². The van der Waals surface area contributed by atoms with Crippen molar-refractivity contribution in [1.82, 2.24) is 5.32 Å². The highest BCUT2D eigenvalue weighted by Crippen LogP contribution is 2.20. The van der Waals surface area contributed by atoms with Gasteiger partial charge in [-0.2, -0.15) is 0 Å². The lowest BCUT2D eigenvalue weighted by molar-refractivity contribution is -0.384. The predicted octanol–water partition coefficient (Wildman–Crippen LogP) is 2.47. The normalized spacial score (nSPS) is 11.4. The smallest absolute Gasteiger partial charge is 0.341 e. The van der Waals surface area contributed by atoms with Gasteiger partial charge in [0.05, 0.1) is 10.5 Å². The first-order chi connectivity index (χ1) is 12.9. The molecule has 0 bridgehead atoms. The number of nitrogens with two attached hydrogens (primary N) is 1. The van der Waals surface area contributed by atoms with Crippen LogP contribution in [0.15, 0.2) is 48.5 Å². The molecule has 0 saturated heterocycles. The maximum Gasteiger partial charge on any atom is 0.341 e. The minimum Gasteiger partial charge on any atom is -0.452 e. The van der Waals surface area contributed by atoms with Crippen LogP contribution in [0.3, 0.4) is 0 Å². The Hall–Kier alpha value is -3.42. The van der Waals surface area contributed by atoms with Crippen LogP contribution in [-0.2, 0) is 16.0 Å². The second-order valence-corrected chi connectivity index (χ2v) is 6.10. The first-order valence-corrected chi connectivity index (χ1v) is 8.41. The summed E-state index contributed by atoms with van der Waals surface area (Å²) in [5.41, 5.74) is 6.44. The number of nitro benzene ring substituents is 1. The van der Waals surface area contributed by atoms with Crippen molar-refractivity contribution in [2.75, 3.05) is 12.3 Å². The van der Waals surface area contributed by atoms with Crippen LogP contribution >= 0.6 is 0 Å². The number of hydrogen-bond donors (Lipinski definition) is 2. The van der Waals surface area contributed by atoms with Gasteiger partial charge in [-0.3, -0.25) is 14.9 Å². The molecule has 2 aromatic rings. The standard InChI is InChI=1S/C19H21N3O5/c1-13(7-8-14-5-3-2-4-6-14)21-18(23)12-27-19(24)16-11-15(22(25)26)9-10-17(16)20/h2-6,9-11,13H,7-8,12,20H2,1H3,(H,21,23)/t13-/m0/s1. The van der Waals surface area contributed by atoms with E-state index >= 15 is 0 Å². The summed E-state index contributed by atoms with van der Waals surface area (Å²) in [5, 5.41) is 13.5. The third kappa shape index (κ3) is 6.10. The molecular formula is C19H21N3O5. The molecule has 0 heterocycles. The van der Waals surface area contributed by atoms with Crippen molar-refractivity contribution in [3.8, 4) is 0 Å². The molecule has 0 fully saturated rings. The SMILES string of the molecule is C[C@@H](CCc1ccccc1)NC(=O)COC(=O)c1cc([N+](=O)[O-])ccc1N. The van der Waals surface area contributed by atoms with Crippen LogP contribution in [-0.4, -0.2) is 29.4 Å². The van der Waals surface area contributed by atoms with E-state index in [-0.39, 0.29) is 23.0 Å².